The smallest absolute Gasteiger partial charge is 0.253 e. The molecule has 0 saturated carbocycles. The number of nitrogens with one attached hydrogen (secondary N) is 1. The number of rotatable bonds is 3. The van der Waals surface area contributed by atoms with Crippen molar-refractivity contribution in [1.82, 2.24) is 10.3 Å². The van der Waals surface area contributed by atoms with E-state index in [1.807, 2.05) is 19.1 Å². The van der Waals surface area contributed by atoms with Crippen LogP contribution in [0.25, 0.3) is 0 Å². The van der Waals surface area contributed by atoms with Crippen molar-refractivity contribution < 1.29 is 4.79 Å². The number of aromatic nitrogens is 1. The fourth-order valence-electron chi connectivity index (χ4n) is 1.62. The number of pyridine rings is 1. The molecular weight excluding hydrogens is 262 g/mol. The van der Waals surface area contributed by atoms with Crippen LogP contribution in [0.4, 0.5) is 5.69 Å². The van der Waals surface area contributed by atoms with E-state index in [1.54, 1.807) is 24.4 Å². The standard InChI is InChI=1S/C14H14ClN3O/c1-9-2-3-10(7-17-9)8-18-14(19)12-5-4-11(15)6-13(12)16/h2-7H,8,16H2,1H3,(H,18,19). The molecule has 1 amide bonds. The number of nitrogen functional groups attached to an aromatic ring is 1. The predicted molar refractivity (Wildman–Crippen MR) is 76.0 cm³/mol. The van der Waals surface area contributed by atoms with Gasteiger partial charge in [-0.1, -0.05) is 17.7 Å². The van der Waals surface area contributed by atoms with Gasteiger partial charge in [0, 0.05) is 29.1 Å². The van der Waals surface area contributed by atoms with Gasteiger partial charge >= 0.3 is 0 Å². The van der Waals surface area contributed by atoms with Crippen LogP contribution in [0.1, 0.15) is 21.6 Å². The molecule has 0 aliphatic carbocycles. The summed E-state index contributed by atoms with van der Waals surface area (Å²) in [6.45, 7) is 2.32. The lowest BCUT2D eigenvalue weighted by Gasteiger charge is -2.08. The van der Waals surface area contributed by atoms with Gasteiger partial charge < -0.3 is 11.1 Å². The van der Waals surface area contributed by atoms with Crippen LogP contribution >= 0.6 is 11.6 Å². The molecule has 0 aliphatic heterocycles. The molecule has 0 saturated heterocycles. The quantitative estimate of drug-likeness (QED) is 0.846. The van der Waals surface area contributed by atoms with Crippen molar-refractivity contribution in [2.24, 2.45) is 0 Å². The van der Waals surface area contributed by atoms with Crippen LogP contribution in [0.2, 0.25) is 5.02 Å². The summed E-state index contributed by atoms with van der Waals surface area (Å²) in [7, 11) is 0. The molecule has 2 rings (SSSR count). The molecule has 0 bridgehead atoms. The van der Waals surface area contributed by atoms with E-state index in [0.29, 0.717) is 22.8 Å². The Labute approximate surface area is 116 Å². The molecule has 0 spiro atoms. The van der Waals surface area contributed by atoms with Gasteiger partial charge in [0.1, 0.15) is 0 Å². The van der Waals surface area contributed by atoms with Crippen LogP contribution < -0.4 is 11.1 Å². The highest BCUT2D eigenvalue weighted by Gasteiger charge is 2.09. The maximum Gasteiger partial charge on any atom is 0.253 e. The van der Waals surface area contributed by atoms with Crippen LogP contribution in [-0.2, 0) is 6.54 Å². The van der Waals surface area contributed by atoms with Crippen LogP contribution in [0.3, 0.4) is 0 Å². The summed E-state index contributed by atoms with van der Waals surface area (Å²) in [5.41, 5.74) is 8.42. The average molecular weight is 276 g/mol. The maximum absolute atomic E-state index is 12.0. The Morgan fingerprint density at radius 2 is 2.16 bits per heavy atom. The van der Waals surface area contributed by atoms with Gasteiger partial charge in [-0.05, 0) is 36.8 Å². The molecule has 1 heterocycles. The molecule has 1 aromatic heterocycles. The van der Waals surface area contributed by atoms with E-state index < -0.39 is 0 Å². The molecule has 0 unspecified atom stereocenters. The van der Waals surface area contributed by atoms with Crippen molar-refractivity contribution in [2.45, 2.75) is 13.5 Å². The SMILES string of the molecule is Cc1ccc(CNC(=O)c2ccc(Cl)cc2N)cn1. The number of carbonyl (C=O) groups is 1. The van der Waals surface area contributed by atoms with Crippen molar-refractivity contribution in [2.75, 3.05) is 5.73 Å². The lowest BCUT2D eigenvalue weighted by Crippen LogP contribution is -2.23. The molecule has 1 aromatic carbocycles. The minimum atomic E-state index is -0.227. The summed E-state index contributed by atoms with van der Waals surface area (Å²) in [6.07, 6.45) is 1.74. The zero-order valence-corrected chi connectivity index (χ0v) is 11.2. The Hall–Kier alpha value is -2.07. The first kappa shape index (κ1) is 13.4. The average Bonchev–Trinajstić information content (AvgIpc) is 2.37. The van der Waals surface area contributed by atoms with Crippen LogP contribution in [0.15, 0.2) is 36.5 Å². The van der Waals surface area contributed by atoms with Crippen LogP contribution in [0, 0.1) is 6.92 Å². The molecular formula is C14H14ClN3O. The van der Waals surface area contributed by atoms with Crippen molar-refractivity contribution in [3.8, 4) is 0 Å². The summed E-state index contributed by atoms with van der Waals surface area (Å²) in [6, 6.07) is 8.64. The molecule has 0 fully saturated rings. The summed E-state index contributed by atoms with van der Waals surface area (Å²) < 4.78 is 0. The number of nitrogens with two attached hydrogens (primary N) is 1. The molecule has 19 heavy (non-hydrogen) atoms. The highest BCUT2D eigenvalue weighted by atomic mass is 35.5. The topological polar surface area (TPSA) is 68.0 Å². The van der Waals surface area contributed by atoms with E-state index in [9.17, 15) is 4.79 Å². The number of nitrogens with zero attached hydrogens (tertiary/aromatic N) is 1. The third-order valence-corrected chi connectivity index (χ3v) is 2.92. The van der Waals surface area contributed by atoms with Gasteiger partial charge in [0.25, 0.3) is 5.91 Å². The molecule has 5 heteroatoms. The van der Waals surface area contributed by atoms with Gasteiger partial charge in [-0.25, -0.2) is 0 Å². The summed E-state index contributed by atoms with van der Waals surface area (Å²) in [5.74, 6) is -0.227. The van der Waals surface area contributed by atoms with Gasteiger partial charge in [0.15, 0.2) is 0 Å². The van der Waals surface area contributed by atoms with Crippen molar-refractivity contribution in [1.29, 1.82) is 0 Å². The highest BCUT2D eigenvalue weighted by molar-refractivity contribution is 6.31. The zero-order valence-electron chi connectivity index (χ0n) is 10.5. The molecule has 0 aliphatic rings. The summed E-state index contributed by atoms with van der Waals surface area (Å²) in [4.78, 5) is 16.1. The van der Waals surface area contributed by atoms with Crippen LogP contribution in [0.5, 0.6) is 0 Å². The molecule has 2 aromatic rings. The molecule has 3 N–H and O–H groups in total. The second-order valence-corrected chi connectivity index (χ2v) is 4.66. The van der Waals surface area contributed by atoms with Gasteiger partial charge in [-0.2, -0.15) is 0 Å². The Bertz CT molecular complexity index is 596. The van der Waals surface area contributed by atoms with Crippen molar-refractivity contribution in [3.63, 3.8) is 0 Å². The van der Waals surface area contributed by atoms with Gasteiger partial charge in [0.2, 0.25) is 0 Å². The zero-order chi connectivity index (χ0) is 13.8. The second-order valence-electron chi connectivity index (χ2n) is 4.22. The van der Waals surface area contributed by atoms with Crippen molar-refractivity contribution in [3.05, 3.63) is 58.4 Å². The summed E-state index contributed by atoms with van der Waals surface area (Å²) >= 11 is 5.79. The van der Waals surface area contributed by atoms with Gasteiger partial charge in [-0.15, -0.1) is 0 Å². The lowest BCUT2D eigenvalue weighted by molar-refractivity contribution is 0.0952. The fourth-order valence-corrected chi connectivity index (χ4v) is 1.80. The van der Waals surface area contributed by atoms with Gasteiger partial charge in [0.05, 0.1) is 5.56 Å². The normalized spacial score (nSPS) is 10.2. The monoisotopic (exact) mass is 275 g/mol. The minimum absolute atomic E-state index is 0.227. The lowest BCUT2D eigenvalue weighted by atomic mass is 10.1. The number of anilines is 1. The number of amides is 1. The first-order chi connectivity index (χ1) is 9.06. The third kappa shape index (κ3) is 3.45. The number of carbonyl (C=O) groups excluding carboxylic acids is 1. The van der Waals surface area contributed by atoms with E-state index >= 15 is 0 Å². The van der Waals surface area contributed by atoms with E-state index in [0.717, 1.165) is 11.3 Å². The number of hydrogen-bond acceptors (Lipinski definition) is 3. The fraction of sp³-hybridized carbons (Fsp3) is 0.143. The Morgan fingerprint density at radius 1 is 1.37 bits per heavy atom. The number of aryl methyl sites for hydroxylation is 1. The summed E-state index contributed by atoms with van der Waals surface area (Å²) in [5, 5.41) is 3.30. The second kappa shape index (κ2) is 5.71. The van der Waals surface area contributed by atoms with Crippen molar-refractivity contribution >= 4 is 23.2 Å². The number of halogens is 1. The maximum atomic E-state index is 12.0. The third-order valence-electron chi connectivity index (χ3n) is 2.68. The van der Waals surface area contributed by atoms with E-state index in [1.165, 1.54) is 0 Å². The molecule has 98 valence electrons. The Balaban J connectivity index is 2.03. The van der Waals surface area contributed by atoms with Gasteiger partial charge in [-0.3, -0.25) is 9.78 Å². The Morgan fingerprint density at radius 3 is 2.79 bits per heavy atom. The first-order valence-electron chi connectivity index (χ1n) is 5.81. The molecule has 4 nitrogen and oxygen atoms in total. The molecule has 0 radical (unpaired) electrons. The van der Waals surface area contributed by atoms with Crippen LogP contribution in [-0.4, -0.2) is 10.9 Å². The number of hydrogen-bond donors (Lipinski definition) is 2. The predicted octanol–water partition coefficient (Wildman–Crippen LogP) is 2.56. The largest absolute Gasteiger partial charge is 0.398 e. The first-order valence-corrected chi connectivity index (χ1v) is 6.19. The van der Waals surface area contributed by atoms with E-state index in [4.69, 9.17) is 17.3 Å². The molecule has 0 atom stereocenters. The highest BCUT2D eigenvalue weighted by Crippen LogP contribution is 2.17. The Kier molecular flexibility index (Phi) is 4.02. The van der Waals surface area contributed by atoms with E-state index in [2.05, 4.69) is 10.3 Å². The minimum Gasteiger partial charge on any atom is -0.398 e. The van der Waals surface area contributed by atoms with E-state index in [-0.39, 0.29) is 5.91 Å². The number of benzene rings is 1.